The molecule has 0 aliphatic heterocycles. The van der Waals surface area contributed by atoms with Crippen LogP contribution in [-0.4, -0.2) is 28.1 Å². The van der Waals surface area contributed by atoms with Crippen LogP contribution >= 0.6 is 44.3 Å². The molecule has 0 radical (unpaired) electrons. The molecule has 0 heterocycles. The summed E-state index contributed by atoms with van der Waals surface area (Å²) in [5.41, 5.74) is 0. The molecular weight excluding hydrogens is 302 g/mol. The van der Waals surface area contributed by atoms with Crippen LogP contribution in [0.4, 0.5) is 0 Å². The van der Waals surface area contributed by atoms with E-state index in [1.54, 1.807) is 0 Å². The van der Waals surface area contributed by atoms with Crippen molar-refractivity contribution in [3.8, 4) is 0 Å². The van der Waals surface area contributed by atoms with Gasteiger partial charge in [0, 0.05) is 26.3 Å². The van der Waals surface area contributed by atoms with Gasteiger partial charge in [-0.15, -0.1) is 44.3 Å². The number of hydrogen-bond acceptors (Lipinski definition) is 2. The predicted molar refractivity (Wildman–Crippen MR) is 67.7 cm³/mol. The maximum atomic E-state index is 5.85. The van der Waals surface area contributed by atoms with Gasteiger partial charge in [-0.3, -0.25) is 0 Å². The van der Waals surface area contributed by atoms with E-state index < -0.39 is 13.9 Å². The largest absolute Gasteiger partial charge is 0.395 e. The molecule has 0 N–H and O–H groups in total. The highest BCUT2D eigenvalue weighted by atomic mass is 35.7. The molecule has 0 saturated carbocycles. The lowest BCUT2D eigenvalue weighted by molar-refractivity contribution is 0.428. The summed E-state index contributed by atoms with van der Waals surface area (Å²) in [6.07, 6.45) is 3.64. The molecule has 0 atom stereocenters. The van der Waals surface area contributed by atoms with Gasteiger partial charge in [0.15, 0.2) is 0 Å². The normalized spacial score (nSPS) is 13.9. The van der Waals surface area contributed by atoms with E-state index in [1.807, 2.05) is 12.2 Å². The highest BCUT2D eigenvalue weighted by Gasteiger charge is 2.29. The Morgan fingerprint density at radius 1 is 0.857 bits per heavy atom. The average Bonchev–Trinajstić information content (AvgIpc) is 2.13. The number of halogens is 4. The minimum atomic E-state index is -2.54. The third kappa shape index (κ3) is 7.53. The summed E-state index contributed by atoms with van der Waals surface area (Å²) in [6, 6.07) is 1.02. The van der Waals surface area contributed by atoms with Crippen molar-refractivity contribution < 1.29 is 8.85 Å². The van der Waals surface area contributed by atoms with Crippen LogP contribution in [0.1, 0.15) is 0 Å². The van der Waals surface area contributed by atoms with Crippen LogP contribution in [0.15, 0.2) is 12.2 Å². The number of hydrogen-bond donors (Lipinski definition) is 0. The summed E-state index contributed by atoms with van der Waals surface area (Å²) >= 11 is 23.4. The van der Waals surface area contributed by atoms with Crippen LogP contribution < -0.4 is 0 Å². The molecule has 0 rings (SSSR count). The van der Waals surface area contributed by atoms with Crippen LogP contribution in [-0.2, 0) is 8.85 Å². The Morgan fingerprint density at radius 3 is 1.36 bits per heavy atom. The maximum absolute atomic E-state index is 5.85. The van der Waals surface area contributed by atoms with E-state index in [0.717, 1.165) is 0 Å². The van der Waals surface area contributed by atoms with Crippen molar-refractivity contribution >= 4 is 58.2 Å². The lowest BCUT2D eigenvalue weighted by Gasteiger charge is -2.12. The Kier molecular flexibility index (Phi) is 7.36. The molecule has 0 aliphatic carbocycles. The molecule has 0 spiro atoms. The first-order chi connectivity index (χ1) is 6.33. The molecule has 0 amide bonds. The number of rotatable bonds is 6. The van der Waals surface area contributed by atoms with Gasteiger partial charge >= 0.3 is 13.9 Å². The second-order valence-corrected chi connectivity index (χ2v) is 15.2. The van der Waals surface area contributed by atoms with Gasteiger partial charge in [-0.05, 0) is 0 Å². The molecule has 2 nitrogen and oxygen atoms in total. The van der Waals surface area contributed by atoms with Crippen LogP contribution in [0.5, 0.6) is 0 Å². The summed E-state index contributed by atoms with van der Waals surface area (Å²) in [4.78, 5) is 0. The van der Waals surface area contributed by atoms with Gasteiger partial charge < -0.3 is 8.85 Å². The predicted octanol–water partition coefficient (Wildman–Crippen LogP) is 3.67. The fourth-order valence-electron chi connectivity index (χ4n) is 0.608. The van der Waals surface area contributed by atoms with Crippen molar-refractivity contribution in [2.75, 3.05) is 14.2 Å². The first kappa shape index (κ1) is 15.3. The SMILES string of the molecule is CO[Si](Cl)(Cl)C/C=C/C[Si](Cl)(Cl)OC. The van der Waals surface area contributed by atoms with Gasteiger partial charge in [-0.25, -0.2) is 0 Å². The van der Waals surface area contributed by atoms with Crippen LogP contribution in [0.25, 0.3) is 0 Å². The summed E-state index contributed by atoms with van der Waals surface area (Å²) in [5, 5.41) is 0. The summed E-state index contributed by atoms with van der Waals surface area (Å²) in [7, 11) is 2.99. The molecule has 0 fully saturated rings. The fraction of sp³-hybridized carbons (Fsp3) is 0.667. The van der Waals surface area contributed by atoms with Gasteiger partial charge in [0.05, 0.1) is 0 Å². The Labute approximate surface area is 105 Å². The van der Waals surface area contributed by atoms with Crippen molar-refractivity contribution in [3.63, 3.8) is 0 Å². The van der Waals surface area contributed by atoms with E-state index in [0.29, 0.717) is 12.1 Å². The lowest BCUT2D eigenvalue weighted by atomic mass is 10.6. The smallest absolute Gasteiger partial charge is 0.393 e. The second-order valence-electron chi connectivity index (χ2n) is 2.56. The Hall–Kier alpha value is 1.25. The molecule has 0 bridgehead atoms. The maximum Gasteiger partial charge on any atom is 0.393 e. The monoisotopic (exact) mass is 312 g/mol. The zero-order valence-corrected chi connectivity index (χ0v) is 12.9. The quantitative estimate of drug-likeness (QED) is 0.423. The average molecular weight is 314 g/mol. The number of allylic oxidation sites excluding steroid dienone is 2. The molecule has 0 aromatic carbocycles. The Morgan fingerprint density at radius 2 is 1.14 bits per heavy atom. The van der Waals surface area contributed by atoms with E-state index in [4.69, 9.17) is 53.2 Å². The summed E-state index contributed by atoms with van der Waals surface area (Å²) < 4.78 is 9.86. The van der Waals surface area contributed by atoms with E-state index in [-0.39, 0.29) is 0 Å². The standard InChI is InChI=1S/C6H12Cl4O2Si2/c1-11-13(7,8)5-3-4-6-14(9,10)12-2/h3-4H,5-6H2,1-2H3/b4-3+. The second kappa shape index (κ2) is 6.75. The van der Waals surface area contributed by atoms with E-state index >= 15 is 0 Å². The first-order valence-electron chi connectivity index (χ1n) is 3.84. The van der Waals surface area contributed by atoms with Gasteiger partial charge in [0.1, 0.15) is 0 Å². The van der Waals surface area contributed by atoms with E-state index in [9.17, 15) is 0 Å². The van der Waals surface area contributed by atoms with Crippen LogP contribution in [0, 0.1) is 0 Å². The highest BCUT2D eigenvalue weighted by molar-refractivity contribution is 7.43. The minimum Gasteiger partial charge on any atom is -0.395 e. The van der Waals surface area contributed by atoms with Crippen LogP contribution in [0.3, 0.4) is 0 Å². The van der Waals surface area contributed by atoms with Crippen molar-refractivity contribution in [2.45, 2.75) is 12.1 Å². The van der Waals surface area contributed by atoms with Crippen molar-refractivity contribution in [3.05, 3.63) is 12.2 Å². The third-order valence-electron chi connectivity index (χ3n) is 1.47. The molecule has 14 heavy (non-hydrogen) atoms. The minimum absolute atomic E-state index is 0.509. The van der Waals surface area contributed by atoms with Gasteiger partial charge in [-0.2, -0.15) is 0 Å². The van der Waals surface area contributed by atoms with E-state index in [1.165, 1.54) is 14.2 Å². The van der Waals surface area contributed by atoms with Crippen molar-refractivity contribution in [1.29, 1.82) is 0 Å². The zero-order chi connectivity index (χ0) is 11.2. The highest BCUT2D eigenvalue weighted by Crippen LogP contribution is 2.24. The van der Waals surface area contributed by atoms with Gasteiger partial charge in [0.2, 0.25) is 0 Å². The zero-order valence-electron chi connectivity index (χ0n) is 7.90. The lowest BCUT2D eigenvalue weighted by Crippen LogP contribution is -2.22. The molecule has 0 aliphatic rings. The van der Waals surface area contributed by atoms with E-state index in [2.05, 4.69) is 0 Å². The molecule has 84 valence electrons. The van der Waals surface area contributed by atoms with Crippen molar-refractivity contribution in [1.82, 2.24) is 0 Å². The first-order valence-corrected chi connectivity index (χ1v) is 12.1. The Balaban J connectivity index is 3.86. The van der Waals surface area contributed by atoms with Crippen LogP contribution in [0.2, 0.25) is 12.1 Å². The Bertz CT molecular complexity index is 178. The summed E-state index contributed by atoms with van der Waals surface area (Å²) in [6.45, 7) is -5.08. The molecule has 8 heteroatoms. The van der Waals surface area contributed by atoms with Crippen molar-refractivity contribution in [2.24, 2.45) is 0 Å². The van der Waals surface area contributed by atoms with Gasteiger partial charge in [0.25, 0.3) is 0 Å². The summed E-state index contributed by atoms with van der Waals surface area (Å²) in [5.74, 6) is 0. The van der Waals surface area contributed by atoms with Gasteiger partial charge in [-0.1, -0.05) is 12.2 Å². The third-order valence-corrected chi connectivity index (χ3v) is 7.79. The molecule has 0 unspecified atom stereocenters. The fourth-order valence-corrected chi connectivity index (χ4v) is 2.89. The molecule has 0 saturated heterocycles. The molecular formula is C6H12Cl4O2Si2. The topological polar surface area (TPSA) is 18.5 Å². The molecule has 0 aromatic heterocycles. The molecule has 0 aromatic rings.